The van der Waals surface area contributed by atoms with Crippen LogP contribution in [0.4, 0.5) is 4.79 Å². The number of amides is 4. The molecular formula is C20H28N4O3. The fourth-order valence-corrected chi connectivity index (χ4v) is 4.37. The highest BCUT2D eigenvalue weighted by atomic mass is 16.2. The summed E-state index contributed by atoms with van der Waals surface area (Å²) in [6.07, 6.45) is 2.55. The second-order valence-corrected chi connectivity index (χ2v) is 7.62. The van der Waals surface area contributed by atoms with Crippen molar-refractivity contribution in [2.24, 2.45) is 11.1 Å². The maximum Gasteiger partial charge on any atom is 0.312 e. The Morgan fingerprint density at radius 2 is 1.89 bits per heavy atom. The number of hydrogen-bond acceptors (Lipinski definition) is 3. The Balaban J connectivity index is 1.70. The molecule has 2 fully saturated rings. The molecule has 3 N–H and O–H groups in total. The number of benzene rings is 1. The average molecular weight is 372 g/mol. The van der Waals surface area contributed by atoms with Gasteiger partial charge in [0.15, 0.2) is 0 Å². The first-order valence-corrected chi connectivity index (χ1v) is 9.59. The molecule has 7 heteroatoms. The lowest BCUT2D eigenvalue weighted by molar-refractivity contribution is -0.144. The number of nitrogens with one attached hydrogen (secondary N) is 1. The maximum atomic E-state index is 12.9. The number of likely N-dealkylation sites (tertiary alicyclic amines) is 2. The molecule has 2 heterocycles. The van der Waals surface area contributed by atoms with Gasteiger partial charge in [-0.05, 0) is 37.2 Å². The summed E-state index contributed by atoms with van der Waals surface area (Å²) in [5.41, 5.74) is 6.15. The van der Waals surface area contributed by atoms with E-state index in [0.29, 0.717) is 19.6 Å². The van der Waals surface area contributed by atoms with Gasteiger partial charge in [0.25, 0.3) is 0 Å². The Kier molecular flexibility index (Phi) is 5.68. The van der Waals surface area contributed by atoms with Gasteiger partial charge in [-0.2, -0.15) is 0 Å². The van der Waals surface area contributed by atoms with Gasteiger partial charge in [0.05, 0.1) is 12.5 Å². The summed E-state index contributed by atoms with van der Waals surface area (Å²) in [7, 11) is 0. The SMILES string of the molecule is CCN1CC2(CCN(C(=O)CNC(N)=O)CC2)C[C@@H](c2ccccc2)C1=O. The van der Waals surface area contributed by atoms with E-state index in [9.17, 15) is 14.4 Å². The fraction of sp³-hybridized carbons (Fsp3) is 0.550. The highest BCUT2D eigenvalue weighted by Gasteiger charge is 2.46. The summed E-state index contributed by atoms with van der Waals surface area (Å²) >= 11 is 0. The molecule has 4 amide bonds. The quantitative estimate of drug-likeness (QED) is 0.834. The second kappa shape index (κ2) is 7.98. The minimum atomic E-state index is -0.688. The zero-order valence-corrected chi connectivity index (χ0v) is 15.8. The second-order valence-electron chi connectivity index (χ2n) is 7.62. The number of carbonyl (C=O) groups is 3. The summed E-state index contributed by atoms with van der Waals surface area (Å²) in [5, 5.41) is 2.36. The van der Waals surface area contributed by atoms with Crippen LogP contribution >= 0.6 is 0 Å². The maximum absolute atomic E-state index is 12.9. The minimum absolute atomic E-state index is 0.0400. The molecule has 0 aromatic heterocycles. The van der Waals surface area contributed by atoms with Crippen LogP contribution in [0.5, 0.6) is 0 Å². The molecule has 7 nitrogen and oxygen atoms in total. The van der Waals surface area contributed by atoms with Crippen LogP contribution in [0.25, 0.3) is 0 Å². The van der Waals surface area contributed by atoms with E-state index in [1.807, 2.05) is 42.2 Å². The molecule has 0 unspecified atom stereocenters. The molecule has 2 aliphatic heterocycles. The van der Waals surface area contributed by atoms with Gasteiger partial charge in [0.1, 0.15) is 0 Å². The number of piperidine rings is 2. The average Bonchev–Trinajstić information content (AvgIpc) is 2.69. The Hall–Kier alpha value is -2.57. The van der Waals surface area contributed by atoms with Gasteiger partial charge in [-0.3, -0.25) is 9.59 Å². The van der Waals surface area contributed by atoms with Crippen LogP contribution in [0.1, 0.15) is 37.7 Å². The van der Waals surface area contributed by atoms with Gasteiger partial charge < -0.3 is 20.9 Å². The Morgan fingerprint density at radius 3 is 2.48 bits per heavy atom. The molecule has 1 aromatic carbocycles. The van der Waals surface area contributed by atoms with Gasteiger partial charge >= 0.3 is 6.03 Å². The minimum Gasteiger partial charge on any atom is -0.352 e. The number of rotatable bonds is 4. The monoisotopic (exact) mass is 372 g/mol. The Bertz CT molecular complexity index is 698. The largest absolute Gasteiger partial charge is 0.352 e. The van der Waals surface area contributed by atoms with Crippen molar-refractivity contribution in [3.8, 4) is 0 Å². The third-order valence-corrected chi connectivity index (χ3v) is 5.95. The van der Waals surface area contributed by atoms with Crippen molar-refractivity contribution in [1.82, 2.24) is 15.1 Å². The van der Waals surface area contributed by atoms with E-state index < -0.39 is 6.03 Å². The predicted molar refractivity (Wildman–Crippen MR) is 102 cm³/mol. The van der Waals surface area contributed by atoms with Gasteiger partial charge in [0, 0.05) is 26.2 Å². The van der Waals surface area contributed by atoms with E-state index in [0.717, 1.165) is 31.4 Å². The predicted octanol–water partition coefficient (Wildman–Crippen LogP) is 1.30. The molecule has 3 rings (SSSR count). The standard InChI is InChI=1S/C20H28N4O3/c1-2-23-14-20(12-16(18(23)26)15-6-4-3-5-7-15)8-10-24(11-9-20)17(25)13-22-19(21)27/h3-7,16H,2,8-14H2,1H3,(H3,21,22,27)/t16-/m0/s1. The molecule has 2 aliphatic rings. The molecule has 0 aliphatic carbocycles. The first kappa shape index (κ1) is 19.2. The molecule has 1 spiro atoms. The highest BCUT2D eigenvalue weighted by molar-refractivity contribution is 5.85. The lowest BCUT2D eigenvalue weighted by Gasteiger charge is -2.49. The zero-order chi connectivity index (χ0) is 19.4. The first-order valence-electron chi connectivity index (χ1n) is 9.59. The van der Waals surface area contributed by atoms with Crippen LogP contribution in [-0.4, -0.2) is 60.4 Å². The normalized spacial score (nSPS) is 22.0. The van der Waals surface area contributed by atoms with Crippen LogP contribution < -0.4 is 11.1 Å². The summed E-state index contributed by atoms with van der Waals surface area (Å²) in [5.74, 6) is -0.0142. The van der Waals surface area contributed by atoms with E-state index in [2.05, 4.69) is 5.32 Å². The Morgan fingerprint density at radius 1 is 1.22 bits per heavy atom. The number of hydrogen-bond donors (Lipinski definition) is 2. The number of urea groups is 1. The van der Waals surface area contributed by atoms with Crippen molar-refractivity contribution in [1.29, 1.82) is 0 Å². The van der Waals surface area contributed by atoms with E-state index >= 15 is 0 Å². The lowest BCUT2D eigenvalue weighted by atomic mass is 9.67. The summed E-state index contributed by atoms with van der Waals surface area (Å²) in [6, 6.07) is 9.30. The summed E-state index contributed by atoms with van der Waals surface area (Å²) in [6.45, 7) is 4.71. The summed E-state index contributed by atoms with van der Waals surface area (Å²) < 4.78 is 0. The van der Waals surface area contributed by atoms with Crippen LogP contribution in [0.3, 0.4) is 0 Å². The van der Waals surface area contributed by atoms with Gasteiger partial charge in [-0.15, -0.1) is 0 Å². The van der Waals surface area contributed by atoms with Crippen LogP contribution in [-0.2, 0) is 9.59 Å². The molecule has 0 bridgehead atoms. The third kappa shape index (κ3) is 4.23. The van der Waals surface area contributed by atoms with E-state index in [-0.39, 0.29) is 29.7 Å². The number of primary amides is 1. The van der Waals surface area contributed by atoms with Gasteiger partial charge in [0.2, 0.25) is 11.8 Å². The van der Waals surface area contributed by atoms with Crippen molar-refractivity contribution in [3.05, 3.63) is 35.9 Å². The fourth-order valence-electron chi connectivity index (χ4n) is 4.37. The molecule has 146 valence electrons. The van der Waals surface area contributed by atoms with Crippen LogP contribution in [0, 0.1) is 5.41 Å². The smallest absolute Gasteiger partial charge is 0.312 e. The van der Waals surface area contributed by atoms with Crippen molar-refractivity contribution >= 4 is 17.8 Å². The van der Waals surface area contributed by atoms with E-state index in [4.69, 9.17) is 5.73 Å². The number of carbonyl (C=O) groups excluding carboxylic acids is 3. The van der Waals surface area contributed by atoms with Crippen molar-refractivity contribution in [3.63, 3.8) is 0 Å². The van der Waals surface area contributed by atoms with Crippen LogP contribution in [0.15, 0.2) is 30.3 Å². The highest BCUT2D eigenvalue weighted by Crippen LogP contribution is 2.45. The van der Waals surface area contributed by atoms with E-state index in [1.54, 1.807) is 4.90 Å². The van der Waals surface area contributed by atoms with Gasteiger partial charge in [-0.1, -0.05) is 30.3 Å². The van der Waals surface area contributed by atoms with Gasteiger partial charge in [-0.25, -0.2) is 4.79 Å². The molecule has 0 radical (unpaired) electrons. The Labute approximate surface area is 159 Å². The molecule has 0 saturated carbocycles. The number of likely N-dealkylation sites (N-methyl/N-ethyl adjacent to an activating group) is 1. The van der Waals surface area contributed by atoms with Crippen molar-refractivity contribution in [2.45, 2.75) is 32.1 Å². The molecule has 2 saturated heterocycles. The number of nitrogens with two attached hydrogens (primary N) is 1. The topological polar surface area (TPSA) is 95.7 Å². The summed E-state index contributed by atoms with van der Waals surface area (Å²) in [4.78, 5) is 39.7. The molecule has 1 aromatic rings. The number of nitrogens with zero attached hydrogens (tertiary/aromatic N) is 2. The first-order chi connectivity index (χ1) is 12.9. The molecule has 1 atom stereocenters. The van der Waals surface area contributed by atoms with E-state index in [1.165, 1.54) is 0 Å². The van der Waals surface area contributed by atoms with Crippen molar-refractivity contribution in [2.75, 3.05) is 32.7 Å². The van der Waals surface area contributed by atoms with Crippen LogP contribution in [0.2, 0.25) is 0 Å². The molecular weight excluding hydrogens is 344 g/mol. The third-order valence-electron chi connectivity index (χ3n) is 5.95. The molecule has 27 heavy (non-hydrogen) atoms. The lowest BCUT2D eigenvalue weighted by Crippen LogP contribution is -2.55. The zero-order valence-electron chi connectivity index (χ0n) is 15.8. The van der Waals surface area contributed by atoms with Crippen molar-refractivity contribution < 1.29 is 14.4 Å².